The number of phenolic OH excluding ortho intramolecular Hbond substituents is 2. The van der Waals surface area contributed by atoms with Crippen molar-refractivity contribution in [1.29, 1.82) is 0 Å². The first-order valence-corrected chi connectivity index (χ1v) is 6.19. The lowest BCUT2D eigenvalue weighted by molar-refractivity contribution is 0.0942. The third-order valence-electron chi connectivity index (χ3n) is 2.91. The van der Waals surface area contributed by atoms with Crippen LogP contribution >= 0.6 is 0 Å². The summed E-state index contributed by atoms with van der Waals surface area (Å²) < 4.78 is 0. The van der Waals surface area contributed by atoms with E-state index in [1.54, 1.807) is 12.4 Å². The number of nitrogens with zero attached hydrogens (tertiary/aromatic N) is 2. The molecule has 0 radical (unpaired) electrons. The van der Waals surface area contributed by atoms with Crippen molar-refractivity contribution in [1.82, 2.24) is 9.88 Å². The van der Waals surface area contributed by atoms with Crippen molar-refractivity contribution in [3.8, 4) is 11.5 Å². The standard InChI is InChI=1S/C15H16N2O3/c1-17(9-11-4-6-16-7-5-11)10-15(20)12-2-3-13(18)14(19)8-12/h2-8,18-19H,9-10H2,1H3. The van der Waals surface area contributed by atoms with Gasteiger partial charge in [0, 0.05) is 24.5 Å². The number of carbonyl (C=O) groups excluding carboxylic acids is 1. The zero-order chi connectivity index (χ0) is 14.5. The highest BCUT2D eigenvalue weighted by Crippen LogP contribution is 2.25. The Morgan fingerprint density at radius 1 is 1.15 bits per heavy atom. The Bertz CT molecular complexity index is 599. The van der Waals surface area contributed by atoms with Crippen LogP contribution in [0.2, 0.25) is 0 Å². The van der Waals surface area contributed by atoms with E-state index in [0.29, 0.717) is 12.1 Å². The molecule has 0 aliphatic heterocycles. The van der Waals surface area contributed by atoms with Crippen LogP contribution in [0.4, 0.5) is 0 Å². The second-order valence-electron chi connectivity index (χ2n) is 4.65. The Morgan fingerprint density at radius 2 is 1.85 bits per heavy atom. The minimum atomic E-state index is -0.285. The van der Waals surface area contributed by atoms with Crippen LogP contribution in [0.25, 0.3) is 0 Å². The molecule has 0 spiro atoms. The number of Topliss-reactive ketones (excluding diaryl/α,β-unsaturated/α-hetero) is 1. The van der Waals surface area contributed by atoms with Gasteiger partial charge in [0.1, 0.15) is 0 Å². The Labute approximate surface area is 117 Å². The van der Waals surface area contributed by atoms with Crippen LogP contribution in [0, 0.1) is 0 Å². The number of carbonyl (C=O) groups is 1. The first-order valence-electron chi connectivity index (χ1n) is 6.19. The molecule has 0 saturated carbocycles. The molecular weight excluding hydrogens is 256 g/mol. The number of rotatable bonds is 5. The lowest BCUT2D eigenvalue weighted by Gasteiger charge is -2.15. The van der Waals surface area contributed by atoms with Gasteiger partial charge in [0.25, 0.3) is 0 Å². The predicted octanol–water partition coefficient (Wildman–Crippen LogP) is 1.81. The molecule has 20 heavy (non-hydrogen) atoms. The van der Waals surface area contributed by atoms with Gasteiger partial charge < -0.3 is 10.2 Å². The Hall–Kier alpha value is -2.40. The average Bonchev–Trinajstić information content (AvgIpc) is 2.42. The smallest absolute Gasteiger partial charge is 0.176 e. The number of phenols is 2. The van der Waals surface area contributed by atoms with Gasteiger partial charge in [-0.15, -0.1) is 0 Å². The second-order valence-corrected chi connectivity index (χ2v) is 4.65. The van der Waals surface area contributed by atoms with Gasteiger partial charge in [-0.2, -0.15) is 0 Å². The summed E-state index contributed by atoms with van der Waals surface area (Å²) in [5, 5.41) is 18.6. The minimum Gasteiger partial charge on any atom is -0.504 e. The average molecular weight is 272 g/mol. The van der Waals surface area contributed by atoms with Crippen LogP contribution in [-0.2, 0) is 6.54 Å². The summed E-state index contributed by atoms with van der Waals surface area (Å²) in [5.41, 5.74) is 1.45. The van der Waals surface area contributed by atoms with Gasteiger partial charge in [0.15, 0.2) is 17.3 Å². The number of pyridine rings is 1. The Balaban J connectivity index is 1.98. The molecule has 0 saturated heterocycles. The number of benzene rings is 1. The number of likely N-dealkylation sites (N-methyl/N-ethyl adjacent to an activating group) is 1. The fourth-order valence-corrected chi connectivity index (χ4v) is 1.89. The van der Waals surface area contributed by atoms with Crippen LogP contribution in [-0.4, -0.2) is 39.5 Å². The zero-order valence-corrected chi connectivity index (χ0v) is 11.2. The molecule has 0 amide bonds. The number of hydrogen-bond acceptors (Lipinski definition) is 5. The van der Waals surface area contributed by atoms with Gasteiger partial charge in [-0.25, -0.2) is 0 Å². The molecule has 2 aromatic rings. The Morgan fingerprint density at radius 3 is 2.50 bits per heavy atom. The molecule has 2 N–H and O–H groups in total. The van der Waals surface area contributed by atoms with Gasteiger partial charge in [0.05, 0.1) is 6.54 Å². The molecule has 0 bridgehead atoms. The molecule has 1 aromatic carbocycles. The van der Waals surface area contributed by atoms with E-state index in [-0.39, 0.29) is 23.8 Å². The SMILES string of the molecule is CN(CC(=O)c1ccc(O)c(O)c1)Cc1ccncc1. The first kappa shape index (κ1) is 14.0. The van der Waals surface area contributed by atoms with Gasteiger partial charge in [0.2, 0.25) is 0 Å². The van der Waals surface area contributed by atoms with Crippen LogP contribution in [0.1, 0.15) is 15.9 Å². The molecule has 0 aliphatic rings. The second kappa shape index (κ2) is 6.16. The molecule has 0 unspecified atom stereocenters. The highest BCUT2D eigenvalue weighted by Gasteiger charge is 2.11. The summed E-state index contributed by atoms with van der Waals surface area (Å²) in [4.78, 5) is 17.9. The number of aromatic hydroxyl groups is 2. The summed E-state index contributed by atoms with van der Waals surface area (Å²) in [7, 11) is 1.85. The van der Waals surface area contributed by atoms with Gasteiger partial charge >= 0.3 is 0 Å². The van der Waals surface area contributed by atoms with Crippen molar-refractivity contribution in [2.45, 2.75) is 6.54 Å². The fourth-order valence-electron chi connectivity index (χ4n) is 1.89. The van der Waals surface area contributed by atoms with E-state index < -0.39 is 0 Å². The van der Waals surface area contributed by atoms with Gasteiger partial charge in [-0.3, -0.25) is 14.7 Å². The maximum atomic E-state index is 12.1. The van der Waals surface area contributed by atoms with Crippen LogP contribution in [0.5, 0.6) is 11.5 Å². The predicted molar refractivity (Wildman–Crippen MR) is 74.7 cm³/mol. The Kier molecular flexibility index (Phi) is 4.32. The van der Waals surface area contributed by atoms with E-state index in [1.165, 1.54) is 18.2 Å². The van der Waals surface area contributed by atoms with Crippen molar-refractivity contribution in [2.75, 3.05) is 13.6 Å². The van der Waals surface area contributed by atoms with E-state index >= 15 is 0 Å². The topological polar surface area (TPSA) is 73.7 Å². The summed E-state index contributed by atoms with van der Waals surface area (Å²) in [5.74, 6) is -0.629. The van der Waals surface area contributed by atoms with E-state index in [1.807, 2.05) is 24.1 Å². The van der Waals surface area contributed by atoms with E-state index in [2.05, 4.69) is 4.98 Å². The molecular formula is C15H16N2O3. The molecule has 5 heteroatoms. The third-order valence-corrected chi connectivity index (χ3v) is 2.91. The molecule has 5 nitrogen and oxygen atoms in total. The molecule has 2 rings (SSSR count). The van der Waals surface area contributed by atoms with Crippen LogP contribution in [0.3, 0.4) is 0 Å². The van der Waals surface area contributed by atoms with Crippen molar-refractivity contribution in [3.05, 3.63) is 53.9 Å². The quantitative estimate of drug-likeness (QED) is 0.641. The molecule has 104 valence electrons. The fraction of sp³-hybridized carbons (Fsp3) is 0.200. The zero-order valence-electron chi connectivity index (χ0n) is 11.2. The maximum absolute atomic E-state index is 12.1. The van der Waals surface area contributed by atoms with Gasteiger partial charge in [-0.1, -0.05) is 0 Å². The monoisotopic (exact) mass is 272 g/mol. The van der Waals surface area contributed by atoms with Crippen LogP contribution in [0.15, 0.2) is 42.7 Å². The molecule has 0 fully saturated rings. The van der Waals surface area contributed by atoms with Crippen molar-refractivity contribution >= 4 is 5.78 Å². The lowest BCUT2D eigenvalue weighted by Crippen LogP contribution is -2.25. The number of aromatic nitrogens is 1. The maximum Gasteiger partial charge on any atom is 0.176 e. The highest BCUT2D eigenvalue weighted by molar-refractivity contribution is 5.98. The van der Waals surface area contributed by atoms with Crippen LogP contribution < -0.4 is 0 Å². The summed E-state index contributed by atoms with van der Waals surface area (Å²) in [6.45, 7) is 0.866. The summed E-state index contributed by atoms with van der Waals surface area (Å²) in [6, 6.07) is 7.88. The number of hydrogen-bond donors (Lipinski definition) is 2. The van der Waals surface area contributed by atoms with Gasteiger partial charge in [-0.05, 0) is 42.9 Å². The first-order chi connectivity index (χ1) is 9.56. The van der Waals surface area contributed by atoms with Crippen molar-refractivity contribution in [3.63, 3.8) is 0 Å². The third kappa shape index (κ3) is 3.55. The van der Waals surface area contributed by atoms with E-state index in [4.69, 9.17) is 0 Å². The summed E-state index contributed by atoms with van der Waals surface area (Å²) in [6.07, 6.45) is 3.42. The highest BCUT2D eigenvalue weighted by atomic mass is 16.3. The summed E-state index contributed by atoms with van der Waals surface area (Å²) >= 11 is 0. The lowest BCUT2D eigenvalue weighted by atomic mass is 10.1. The van der Waals surface area contributed by atoms with E-state index in [9.17, 15) is 15.0 Å². The normalized spacial score (nSPS) is 10.7. The van der Waals surface area contributed by atoms with Crippen molar-refractivity contribution in [2.24, 2.45) is 0 Å². The number of ketones is 1. The largest absolute Gasteiger partial charge is 0.504 e. The van der Waals surface area contributed by atoms with Crippen molar-refractivity contribution < 1.29 is 15.0 Å². The molecule has 0 atom stereocenters. The molecule has 0 aliphatic carbocycles. The van der Waals surface area contributed by atoms with E-state index in [0.717, 1.165) is 5.56 Å². The molecule has 1 heterocycles. The molecule has 1 aromatic heterocycles. The minimum absolute atomic E-state index is 0.114.